The second-order valence-corrected chi connectivity index (χ2v) is 0. The topological polar surface area (TPSA) is 0 Å². The molecule has 4 heavy (non-hydrogen) atoms. The van der Waals surface area contributed by atoms with Crippen LogP contribution in [0.5, 0.6) is 0 Å². The van der Waals surface area contributed by atoms with Crippen molar-refractivity contribution in [2.45, 2.75) is 0 Å². The predicted octanol–water partition coefficient (Wildman–Crippen LogP) is -0.924. The summed E-state index contributed by atoms with van der Waals surface area (Å²) in [5, 5.41) is 0. The van der Waals surface area contributed by atoms with Crippen molar-refractivity contribution in [3.8, 4) is 0 Å². The third-order valence-electron chi connectivity index (χ3n) is 0. The molecule has 0 aliphatic rings. The molecule has 0 saturated heterocycles. The Labute approximate surface area is 97.2 Å². The molecule has 0 aliphatic carbocycles. The van der Waals surface area contributed by atoms with Crippen molar-refractivity contribution < 1.29 is 72.0 Å². The Hall–Kier alpha value is 3.30. The predicted molar refractivity (Wildman–Crippen MR) is 8.54 cm³/mol. The monoisotopic (exact) mass is 581 g/mol. The first-order valence-electron chi connectivity index (χ1n) is 0. The molecule has 0 aromatic heterocycles. The van der Waals surface area contributed by atoms with Crippen molar-refractivity contribution in [2.24, 2.45) is 0 Å². The Morgan fingerprint density at radius 2 is 1.00 bits per heavy atom. The average molecular weight is 577 g/mol. The molecule has 0 unspecified atom stereocenters. The fourth-order valence-electron chi connectivity index (χ4n) is 0. The first kappa shape index (κ1) is 26.6. The van der Waals surface area contributed by atoms with Crippen molar-refractivity contribution in [1.82, 2.24) is 0 Å². The summed E-state index contributed by atoms with van der Waals surface area (Å²) in [4.78, 5) is 0. The Bertz CT molecular complexity index is 8.00. The molecule has 4 heteroatoms. The molecule has 0 N–H and O–H groups in total. The molecule has 0 heterocycles. The van der Waals surface area contributed by atoms with Gasteiger partial charge in [0, 0.05) is 72.0 Å². The van der Waals surface area contributed by atoms with Crippen LogP contribution in [0.25, 0.3) is 0 Å². The molecule has 0 aromatic rings. The summed E-state index contributed by atoms with van der Waals surface area (Å²) >= 11 is 0. The van der Waals surface area contributed by atoms with E-state index in [9.17, 15) is 0 Å². The SMILES string of the molecule is [Cd].[Hg].[Mn].[PbH2]. The summed E-state index contributed by atoms with van der Waals surface area (Å²) in [7, 11) is 0. The van der Waals surface area contributed by atoms with Gasteiger partial charge < -0.3 is 0 Å². The van der Waals surface area contributed by atoms with E-state index in [1.54, 1.807) is 0 Å². The summed E-state index contributed by atoms with van der Waals surface area (Å²) in [6.45, 7) is 0. The van der Waals surface area contributed by atoms with E-state index in [2.05, 4.69) is 0 Å². The van der Waals surface area contributed by atoms with Crippen LogP contribution in [0.3, 0.4) is 0 Å². The van der Waals surface area contributed by atoms with Gasteiger partial charge in [-0.25, -0.2) is 0 Å². The minimum atomic E-state index is 0. The quantitative estimate of drug-likeness (QED) is 0.327. The van der Waals surface area contributed by atoms with Crippen molar-refractivity contribution in [2.75, 3.05) is 0 Å². The van der Waals surface area contributed by atoms with E-state index in [-0.39, 0.29) is 99.3 Å². The van der Waals surface area contributed by atoms with E-state index in [0.29, 0.717) is 0 Å². The molecule has 0 saturated carbocycles. The zero-order chi connectivity index (χ0) is 0. The second-order valence-electron chi connectivity index (χ2n) is 0. The Balaban J connectivity index is 0. The van der Waals surface area contributed by atoms with Crippen LogP contribution in [0, 0.1) is 0 Å². The molecular formula is H2CdHgMnPb. The van der Waals surface area contributed by atoms with E-state index in [1.807, 2.05) is 0 Å². The molecule has 0 amide bonds. The van der Waals surface area contributed by atoms with Gasteiger partial charge in [0.15, 0.2) is 0 Å². The van der Waals surface area contributed by atoms with Crippen LogP contribution in [-0.2, 0) is 72.0 Å². The van der Waals surface area contributed by atoms with E-state index in [4.69, 9.17) is 0 Å². The molecule has 0 bridgehead atoms. The zero-order valence-corrected chi connectivity index (χ0v) is 18.7. The van der Waals surface area contributed by atoms with Gasteiger partial charge in [-0.2, -0.15) is 0 Å². The van der Waals surface area contributed by atoms with E-state index in [1.165, 1.54) is 0 Å². The van der Waals surface area contributed by atoms with Gasteiger partial charge in [0.25, 0.3) is 0 Å². The van der Waals surface area contributed by atoms with Crippen LogP contribution in [0.1, 0.15) is 0 Å². The van der Waals surface area contributed by atoms with Crippen LogP contribution in [0.2, 0.25) is 0 Å². The number of rotatable bonds is 0. The van der Waals surface area contributed by atoms with Crippen molar-refractivity contribution >= 4 is 27.3 Å². The second kappa shape index (κ2) is 16.3. The Kier molecular flexibility index (Phi) is 108. The van der Waals surface area contributed by atoms with Crippen LogP contribution in [-0.4, -0.2) is 27.3 Å². The molecule has 0 nitrogen and oxygen atoms in total. The molecular weight excluding hydrogens is 575 g/mol. The van der Waals surface area contributed by atoms with Gasteiger partial charge in [-0.1, -0.05) is 0 Å². The summed E-state index contributed by atoms with van der Waals surface area (Å²) in [6.07, 6.45) is 0. The summed E-state index contributed by atoms with van der Waals surface area (Å²) in [5.41, 5.74) is 0. The summed E-state index contributed by atoms with van der Waals surface area (Å²) in [6, 6.07) is 0. The van der Waals surface area contributed by atoms with Gasteiger partial charge in [0.2, 0.25) is 0 Å². The van der Waals surface area contributed by atoms with Crippen LogP contribution in [0.15, 0.2) is 0 Å². The van der Waals surface area contributed by atoms with Crippen molar-refractivity contribution in [3.63, 3.8) is 0 Å². The van der Waals surface area contributed by atoms with E-state index >= 15 is 0 Å². The van der Waals surface area contributed by atoms with Crippen molar-refractivity contribution in [3.05, 3.63) is 0 Å². The first-order valence-corrected chi connectivity index (χ1v) is 0. The summed E-state index contributed by atoms with van der Waals surface area (Å²) < 4.78 is 0. The molecule has 0 spiro atoms. The van der Waals surface area contributed by atoms with Crippen molar-refractivity contribution in [1.29, 1.82) is 0 Å². The molecule has 0 aliphatic heterocycles. The zero-order valence-electron chi connectivity index (χ0n) is 2.50. The van der Waals surface area contributed by atoms with Crippen LogP contribution >= 0.6 is 0 Å². The molecule has 3 radical (unpaired) electrons. The molecule has 17 valence electrons. The first-order chi connectivity index (χ1) is 0. The number of hydrogen-bond donors (Lipinski definition) is 0. The molecule has 0 atom stereocenters. The van der Waals surface area contributed by atoms with Crippen LogP contribution < -0.4 is 0 Å². The van der Waals surface area contributed by atoms with E-state index in [0.717, 1.165) is 0 Å². The van der Waals surface area contributed by atoms with Crippen LogP contribution in [0.4, 0.5) is 0 Å². The average Bonchev–Trinajstić information content (AvgIpc) is 0. The Morgan fingerprint density at radius 3 is 1.00 bits per heavy atom. The van der Waals surface area contributed by atoms with Gasteiger partial charge >= 0.3 is 27.3 Å². The summed E-state index contributed by atoms with van der Waals surface area (Å²) in [5.74, 6) is 0. The van der Waals surface area contributed by atoms with Gasteiger partial charge in [0.05, 0.1) is 0 Å². The minimum absolute atomic E-state index is 0. The van der Waals surface area contributed by atoms with Gasteiger partial charge in [-0.3, -0.25) is 0 Å². The molecule has 0 aromatic carbocycles. The fourth-order valence-corrected chi connectivity index (χ4v) is 0. The maximum absolute atomic E-state index is 0. The van der Waals surface area contributed by atoms with E-state index < -0.39 is 0 Å². The standard InChI is InChI=1S/Cd.Hg.Mn.Pb.2H. The van der Waals surface area contributed by atoms with Gasteiger partial charge in [-0.15, -0.1) is 0 Å². The molecule has 0 rings (SSSR count). The molecule has 0 fully saturated rings. The third-order valence-corrected chi connectivity index (χ3v) is 0. The third kappa shape index (κ3) is 9.00. The van der Waals surface area contributed by atoms with Gasteiger partial charge in [-0.05, 0) is 0 Å². The fraction of sp³-hybridized carbons (Fsp3) is 0. The maximum atomic E-state index is 0. The normalized spacial score (nSPS) is 0. The van der Waals surface area contributed by atoms with Gasteiger partial charge in [0.1, 0.15) is 0 Å². The number of hydrogen-bond acceptors (Lipinski definition) is 0. The Morgan fingerprint density at radius 1 is 1.00 bits per heavy atom.